The Labute approximate surface area is 150 Å². The summed E-state index contributed by atoms with van der Waals surface area (Å²) < 4.78 is 12.7. The van der Waals surface area contributed by atoms with E-state index in [9.17, 15) is 4.79 Å². The number of ether oxygens (including phenoxy) is 2. The Balaban J connectivity index is 1.53. The molecule has 6 heteroatoms. The van der Waals surface area contributed by atoms with Gasteiger partial charge in [-0.3, -0.25) is 4.79 Å². The lowest BCUT2D eigenvalue weighted by atomic mass is 9.84. The van der Waals surface area contributed by atoms with Gasteiger partial charge in [0, 0.05) is 44.6 Å². The second-order valence-corrected chi connectivity index (χ2v) is 7.39. The monoisotopic (exact) mass is 349 g/mol. The molecule has 2 heterocycles. The third-order valence-electron chi connectivity index (χ3n) is 5.53. The normalized spacial score (nSPS) is 21.4. The van der Waals surface area contributed by atoms with Gasteiger partial charge in [-0.1, -0.05) is 6.42 Å². The summed E-state index contributed by atoms with van der Waals surface area (Å²) >= 11 is 0. The minimum atomic E-state index is 0.0994. The maximum absolute atomic E-state index is 12.3. The van der Waals surface area contributed by atoms with Crippen LogP contribution in [0.2, 0.25) is 0 Å². The lowest BCUT2D eigenvalue weighted by Gasteiger charge is -2.34. The number of methoxy groups -OCH3 is 1. The van der Waals surface area contributed by atoms with E-state index in [1.165, 1.54) is 37.2 Å². The van der Waals surface area contributed by atoms with Gasteiger partial charge >= 0.3 is 0 Å². The second-order valence-electron chi connectivity index (χ2n) is 7.39. The predicted octanol–water partition coefficient (Wildman–Crippen LogP) is 2.36. The van der Waals surface area contributed by atoms with Gasteiger partial charge in [0.25, 0.3) is 0 Å². The third-order valence-corrected chi connectivity index (χ3v) is 5.53. The van der Waals surface area contributed by atoms with Crippen LogP contribution in [0.5, 0.6) is 0 Å². The number of carbonyl (C=O) groups excluding carboxylic acids is 1. The summed E-state index contributed by atoms with van der Waals surface area (Å²) in [5, 5.41) is 0. The quantitative estimate of drug-likeness (QED) is 0.676. The maximum atomic E-state index is 12.3. The molecule has 1 aliphatic heterocycles. The highest BCUT2D eigenvalue weighted by Crippen LogP contribution is 2.36. The van der Waals surface area contributed by atoms with Crippen molar-refractivity contribution in [3.8, 4) is 0 Å². The molecule has 0 aromatic carbocycles. The Hall–Kier alpha value is -1.40. The SMILES string of the molecule is COCCOCC(=O)N1CCCC(Cn2c(C)cnc2C2CCC2)C1. The van der Waals surface area contributed by atoms with E-state index in [0.29, 0.717) is 25.0 Å². The Morgan fingerprint density at radius 2 is 2.12 bits per heavy atom. The van der Waals surface area contributed by atoms with Crippen LogP contribution in [0.3, 0.4) is 0 Å². The largest absolute Gasteiger partial charge is 0.382 e. The summed E-state index contributed by atoms with van der Waals surface area (Å²) in [6, 6.07) is 0. The van der Waals surface area contributed by atoms with Crippen molar-refractivity contribution < 1.29 is 14.3 Å². The standard InChI is InChI=1S/C19H31N3O3/c1-15-11-20-19(17-6-3-7-17)22(15)13-16-5-4-8-21(12-16)18(23)14-25-10-9-24-2/h11,16-17H,3-10,12-14H2,1-2H3. The summed E-state index contributed by atoms with van der Waals surface area (Å²) in [7, 11) is 1.64. The summed E-state index contributed by atoms with van der Waals surface area (Å²) in [4.78, 5) is 19.0. The lowest BCUT2D eigenvalue weighted by molar-refractivity contribution is -0.138. The maximum Gasteiger partial charge on any atom is 0.248 e. The van der Waals surface area contributed by atoms with Crippen molar-refractivity contribution in [3.05, 3.63) is 17.7 Å². The summed E-state index contributed by atoms with van der Waals surface area (Å²) in [5.74, 6) is 2.50. The highest BCUT2D eigenvalue weighted by molar-refractivity contribution is 5.77. The molecule has 1 aromatic rings. The zero-order chi connectivity index (χ0) is 17.6. The minimum absolute atomic E-state index is 0.0994. The van der Waals surface area contributed by atoms with Crippen LogP contribution < -0.4 is 0 Å². The molecule has 0 spiro atoms. The van der Waals surface area contributed by atoms with Crippen molar-refractivity contribution in [3.63, 3.8) is 0 Å². The Morgan fingerprint density at radius 1 is 1.28 bits per heavy atom. The molecule has 1 aromatic heterocycles. The van der Waals surface area contributed by atoms with Crippen molar-refractivity contribution in [1.29, 1.82) is 0 Å². The molecule has 1 unspecified atom stereocenters. The number of hydrogen-bond acceptors (Lipinski definition) is 4. The number of rotatable bonds is 8. The number of likely N-dealkylation sites (tertiary alicyclic amines) is 1. The van der Waals surface area contributed by atoms with Crippen LogP contribution in [0.25, 0.3) is 0 Å². The first-order valence-corrected chi connectivity index (χ1v) is 9.55. The van der Waals surface area contributed by atoms with Gasteiger partial charge in [-0.15, -0.1) is 0 Å². The Morgan fingerprint density at radius 3 is 2.84 bits per heavy atom. The number of piperidine rings is 1. The van der Waals surface area contributed by atoms with Gasteiger partial charge in [-0.2, -0.15) is 0 Å². The molecule has 2 aliphatic rings. The van der Waals surface area contributed by atoms with E-state index in [0.717, 1.165) is 26.1 Å². The van der Waals surface area contributed by atoms with Gasteiger partial charge in [0.15, 0.2) is 0 Å². The predicted molar refractivity (Wildman–Crippen MR) is 95.6 cm³/mol. The highest BCUT2D eigenvalue weighted by Gasteiger charge is 2.28. The van der Waals surface area contributed by atoms with Gasteiger partial charge in [-0.25, -0.2) is 4.98 Å². The average Bonchev–Trinajstić information content (AvgIpc) is 2.91. The van der Waals surface area contributed by atoms with Crippen LogP contribution in [0.15, 0.2) is 6.20 Å². The highest BCUT2D eigenvalue weighted by atomic mass is 16.5. The molecule has 0 radical (unpaired) electrons. The number of amides is 1. The molecule has 1 aliphatic carbocycles. The van der Waals surface area contributed by atoms with E-state index < -0.39 is 0 Å². The molecule has 0 N–H and O–H groups in total. The molecule has 1 amide bonds. The third kappa shape index (κ3) is 4.61. The number of hydrogen-bond donors (Lipinski definition) is 0. The van der Waals surface area contributed by atoms with Crippen LogP contribution in [-0.4, -0.2) is 60.4 Å². The van der Waals surface area contributed by atoms with Gasteiger partial charge in [0.2, 0.25) is 5.91 Å². The molecule has 6 nitrogen and oxygen atoms in total. The van der Waals surface area contributed by atoms with Crippen molar-refractivity contribution in [2.45, 2.75) is 51.5 Å². The van der Waals surface area contributed by atoms with Crippen molar-refractivity contribution >= 4 is 5.91 Å². The van der Waals surface area contributed by atoms with E-state index in [2.05, 4.69) is 16.5 Å². The van der Waals surface area contributed by atoms with E-state index >= 15 is 0 Å². The van der Waals surface area contributed by atoms with Gasteiger partial charge < -0.3 is 18.9 Å². The Bertz CT molecular complexity index is 568. The molecular formula is C19H31N3O3. The topological polar surface area (TPSA) is 56.6 Å². The fourth-order valence-corrected chi connectivity index (χ4v) is 3.80. The van der Waals surface area contributed by atoms with Crippen molar-refractivity contribution in [2.75, 3.05) is 40.0 Å². The molecule has 140 valence electrons. The second kappa shape index (κ2) is 8.81. The molecular weight excluding hydrogens is 318 g/mol. The van der Waals surface area contributed by atoms with Gasteiger partial charge in [0.1, 0.15) is 12.4 Å². The van der Waals surface area contributed by atoms with Gasteiger partial charge in [-0.05, 0) is 38.5 Å². The summed E-state index contributed by atoms with van der Waals surface area (Å²) in [6.07, 6.45) is 8.11. The number of carbonyl (C=O) groups is 1. The van der Waals surface area contributed by atoms with E-state index in [-0.39, 0.29) is 12.5 Å². The van der Waals surface area contributed by atoms with Crippen molar-refractivity contribution in [2.24, 2.45) is 5.92 Å². The van der Waals surface area contributed by atoms with E-state index in [1.807, 2.05) is 11.1 Å². The fourth-order valence-electron chi connectivity index (χ4n) is 3.80. The molecule has 0 bridgehead atoms. The first-order chi connectivity index (χ1) is 12.2. The fraction of sp³-hybridized carbons (Fsp3) is 0.789. The zero-order valence-electron chi connectivity index (χ0n) is 15.6. The van der Waals surface area contributed by atoms with Crippen LogP contribution in [0.1, 0.15) is 49.5 Å². The van der Waals surface area contributed by atoms with Crippen molar-refractivity contribution in [1.82, 2.24) is 14.5 Å². The molecule has 25 heavy (non-hydrogen) atoms. The summed E-state index contributed by atoms with van der Waals surface area (Å²) in [6.45, 7) is 5.96. The number of nitrogens with zero attached hydrogens (tertiary/aromatic N) is 3. The number of aromatic nitrogens is 2. The molecule has 2 fully saturated rings. The lowest BCUT2D eigenvalue weighted by Crippen LogP contribution is -2.43. The average molecular weight is 349 g/mol. The van der Waals surface area contributed by atoms with Crippen LogP contribution >= 0.6 is 0 Å². The van der Waals surface area contributed by atoms with Crippen LogP contribution in [0.4, 0.5) is 0 Å². The number of imidazole rings is 1. The zero-order valence-corrected chi connectivity index (χ0v) is 15.6. The Kier molecular flexibility index (Phi) is 6.48. The van der Waals surface area contributed by atoms with E-state index in [1.54, 1.807) is 7.11 Å². The first kappa shape index (κ1) is 18.4. The molecule has 1 atom stereocenters. The molecule has 1 saturated carbocycles. The minimum Gasteiger partial charge on any atom is -0.382 e. The molecule has 3 rings (SSSR count). The number of aryl methyl sites for hydroxylation is 1. The van der Waals surface area contributed by atoms with Crippen LogP contribution in [0, 0.1) is 12.8 Å². The molecule has 1 saturated heterocycles. The van der Waals surface area contributed by atoms with Crippen LogP contribution in [-0.2, 0) is 20.8 Å². The smallest absolute Gasteiger partial charge is 0.248 e. The summed E-state index contributed by atoms with van der Waals surface area (Å²) in [5.41, 5.74) is 1.24. The first-order valence-electron chi connectivity index (χ1n) is 9.55. The van der Waals surface area contributed by atoms with Gasteiger partial charge in [0.05, 0.1) is 13.2 Å². The van der Waals surface area contributed by atoms with E-state index in [4.69, 9.17) is 9.47 Å².